The highest BCUT2D eigenvalue weighted by Crippen LogP contribution is 2.26. The molecule has 1 atom stereocenters. The molecule has 14 heteroatoms. The molecule has 0 aliphatic rings. The van der Waals surface area contributed by atoms with Gasteiger partial charge >= 0.3 is 17.7 Å². The lowest BCUT2D eigenvalue weighted by atomic mass is 9.93. The van der Waals surface area contributed by atoms with Crippen molar-refractivity contribution in [3.63, 3.8) is 0 Å². The Morgan fingerprint density at radius 3 is 2.19 bits per heavy atom. The molecule has 0 bridgehead atoms. The summed E-state index contributed by atoms with van der Waals surface area (Å²) >= 11 is 7.34. The molecule has 278 valence electrons. The molecule has 0 saturated carbocycles. The SMILES string of the molecule is CC(C)(C)C(=O)OCC(NC(=O)c1cccc(OCc2nc(C(C)(C)C)cs2)c1)(Oc1ccc(CCCS(=O)(=O)c2ccc(Cl)cc2)cc1)C(=O)O. The average Bonchev–Trinajstić information content (AvgIpc) is 3.57. The molecule has 0 saturated heterocycles. The summed E-state index contributed by atoms with van der Waals surface area (Å²) in [7, 11) is -3.51. The van der Waals surface area contributed by atoms with Gasteiger partial charge in [0.1, 0.15) is 23.1 Å². The minimum absolute atomic E-state index is 0.0576. The van der Waals surface area contributed by atoms with Gasteiger partial charge in [-0.1, -0.05) is 50.6 Å². The number of halogens is 1. The van der Waals surface area contributed by atoms with Crippen LogP contribution in [0.25, 0.3) is 0 Å². The van der Waals surface area contributed by atoms with Crippen LogP contribution in [-0.2, 0) is 42.6 Å². The molecule has 4 rings (SSSR count). The van der Waals surface area contributed by atoms with Crippen LogP contribution in [0.4, 0.5) is 0 Å². The molecule has 3 aromatic carbocycles. The minimum atomic E-state index is -3.51. The van der Waals surface area contributed by atoms with Crippen molar-refractivity contribution >= 4 is 50.6 Å². The number of aryl methyl sites for hydroxylation is 1. The van der Waals surface area contributed by atoms with Crippen LogP contribution in [0.3, 0.4) is 0 Å². The zero-order chi connectivity index (χ0) is 38.3. The van der Waals surface area contributed by atoms with Gasteiger partial charge in [0.05, 0.1) is 21.8 Å². The number of benzene rings is 3. The molecule has 4 aromatic rings. The zero-order valence-corrected chi connectivity index (χ0v) is 32.3. The van der Waals surface area contributed by atoms with E-state index in [1.54, 1.807) is 45.0 Å². The highest BCUT2D eigenvalue weighted by atomic mass is 35.5. The summed E-state index contributed by atoms with van der Waals surface area (Å²) in [6.07, 6.45) is 0.740. The molecule has 11 nitrogen and oxygen atoms in total. The molecule has 1 unspecified atom stereocenters. The van der Waals surface area contributed by atoms with Crippen LogP contribution in [0.5, 0.6) is 11.5 Å². The lowest BCUT2D eigenvalue weighted by Crippen LogP contribution is -2.62. The Morgan fingerprint density at radius 1 is 0.923 bits per heavy atom. The summed E-state index contributed by atoms with van der Waals surface area (Å²) in [4.78, 5) is 44.0. The third-order valence-corrected chi connectivity index (χ3v) is 10.6. The van der Waals surface area contributed by atoms with Crippen molar-refractivity contribution in [3.8, 4) is 11.5 Å². The van der Waals surface area contributed by atoms with Crippen LogP contribution >= 0.6 is 22.9 Å². The highest BCUT2D eigenvalue weighted by Gasteiger charge is 2.46. The molecule has 1 heterocycles. The highest BCUT2D eigenvalue weighted by molar-refractivity contribution is 7.91. The summed E-state index contributed by atoms with van der Waals surface area (Å²) < 4.78 is 42.6. The topological polar surface area (TPSA) is 158 Å². The number of nitrogens with one attached hydrogen (secondary N) is 1. The number of hydrogen-bond acceptors (Lipinski definition) is 10. The van der Waals surface area contributed by atoms with Crippen molar-refractivity contribution in [2.75, 3.05) is 12.4 Å². The van der Waals surface area contributed by atoms with Gasteiger partial charge in [-0.05, 0) is 93.8 Å². The van der Waals surface area contributed by atoms with Gasteiger partial charge in [-0.2, -0.15) is 0 Å². The molecule has 0 fully saturated rings. The summed E-state index contributed by atoms with van der Waals surface area (Å²) in [5.74, 6) is -2.80. The van der Waals surface area contributed by atoms with Gasteiger partial charge in [0.2, 0.25) is 0 Å². The number of hydrogen-bond donors (Lipinski definition) is 2. The second-order valence-corrected chi connectivity index (χ2v) is 17.7. The monoisotopic (exact) mass is 770 g/mol. The number of amides is 1. The van der Waals surface area contributed by atoms with Gasteiger partial charge in [-0.25, -0.2) is 18.2 Å². The Balaban J connectivity index is 1.49. The molecule has 52 heavy (non-hydrogen) atoms. The Kier molecular flexibility index (Phi) is 12.8. The number of carboxylic acids is 1. The van der Waals surface area contributed by atoms with Crippen LogP contribution < -0.4 is 14.8 Å². The number of sulfone groups is 1. The largest absolute Gasteiger partial charge is 0.486 e. The second-order valence-electron chi connectivity index (χ2n) is 14.2. The predicted octanol–water partition coefficient (Wildman–Crippen LogP) is 7.26. The number of aromatic nitrogens is 1. The van der Waals surface area contributed by atoms with Gasteiger partial charge in [0, 0.05) is 21.4 Å². The number of carbonyl (C=O) groups excluding carboxylic acids is 2. The van der Waals surface area contributed by atoms with Crippen LogP contribution in [0.1, 0.15) is 74.6 Å². The van der Waals surface area contributed by atoms with Crippen molar-refractivity contribution in [2.45, 2.75) is 77.0 Å². The zero-order valence-electron chi connectivity index (χ0n) is 29.9. The maximum Gasteiger partial charge on any atom is 0.373 e. The predicted molar refractivity (Wildman–Crippen MR) is 199 cm³/mol. The third kappa shape index (κ3) is 11.0. The summed E-state index contributed by atoms with van der Waals surface area (Å²) in [5.41, 5.74) is -1.81. The summed E-state index contributed by atoms with van der Waals surface area (Å²) in [6.45, 7) is 10.4. The lowest BCUT2D eigenvalue weighted by molar-refractivity contribution is -0.173. The number of carbonyl (C=O) groups is 3. The first-order valence-electron chi connectivity index (χ1n) is 16.4. The average molecular weight is 771 g/mol. The summed E-state index contributed by atoms with van der Waals surface area (Å²) in [5, 5.41) is 16.1. The van der Waals surface area contributed by atoms with E-state index in [1.807, 2.05) is 5.38 Å². The smallest absolute Gasteiger partial charge is 0.373 e. The first-order chi connectivity index (χ1) is 24.3. The van der Waals surface area contributed by atoms with Gasteiger partial charge in [-0.15, -0.1) is 11.3 Å². The fourth-order valence-corrected chi connectivity index (χ4v) is 7.00. The van der Waals surface area contributed by atoms with E-state index in [1.165, 1.54) is 59.9 Å². The van der Waals surface area contributed by atoms with E-state index in [9.17, 15) is 27.9 Å². The molecule has 0 radical (unpaired) electrons. The maximum absolute atomic E-state index is 13.6. The molecular formula is C38H43ClN2O9S2. The molecular weight excluding hydrogens is 728 g/mol. The molecule has 0 aliphatic heterocycles. The van der Waals surface area contributed by atoms with Crippen LogP contribution in [-0.4, -0.2) is 54.4 Å². The normalized spacial score (nSPS) is 13.1. The molecule has 1 aromatic heterocycles. The van der Waals surface area contributed by atoms with Crippen LogP contribution in [0.15, 0.2) is 83.1 Å². The Labute approximate surface area is 313 Å². The van der Waals surface area contributed by atoms with E-state index in [4.69, 9.17) is 25.8 Å². The Hall–Kier alpha value is -4.46. The number of carboxylic acid groups (broad SMARTS) is 1. The molecule has 1 amide bonds. The third-order valence-electron chi connectivity index (χ3n) is 7.73. The van der Waals surface area contributed by atoms with E-state index in [0.717, 1.165) is 16.3 Å². The van der Waals surface area contributed by atoms with E-state index < -0.39 is 45.4 Å². The standard InChI is InChI=1S/C38H43ClN2O9S2/c1-36(2,3)31-23-51-32(40-31)22-48-29-11-7-10-26(21-29)33(42)41-38(34(43)44,24-49-35(45)37(4,5)6)50-28-16-12-25(13-17-28)9-8-20-52(46,47)30-18-14-27(39)15-19-30/h7,10-19,21,23H,8-9,20,22,24H2,1-6H3,(H,41,42)(H,43,44). The minimum Gasteiger partial charge on any atom is -0.486 e. The summed E-state index contributed by atoms with van der Waals surface area (Å²) in [6, 6.07) is 18.5. The van der Waals surface area contributed by atoms with Gasteiger partial charge < -0.3 is 24.6 Å². The first kappa shape index (κ1) is 40.3. The fourth-order valence-electron chi connectivity index (χ4n) is 4.63. The fraction of sp³-hybridized carbons (Fsp3) is 0.368. The van der Waals surface area contributed by atoms with Gasteiger partial charge in [0.15, 0.2) is 16.4 Å². The van der Waals surface area contributed by atoms with Crippen molar-refractivity contribution in [1.29, 1.82) is 0 Å². The Morgan fingerprint density at radius 2 is 1.60 bits per heavy atom. The van der Waals surface area contributed by atoms with E-state index in [-0.39, 0.29) is 34.0 Å². The second kappa shape index (κ2) is 16.5. The van der Waals surface area contributed by atoms with E-state index >= 15 is 0 Å². The van der Waals surface area contributed by atoms with Crippen molar-refractivity contribution in [1.82, 2.24) is 10.3 Å². The lowest BCUT2D eigenvalue weighted by Gasteiger charge is -2.31. The van der Waals surface area contributed by atoms with Gasteiger partial charge in [-0.3, -0.25) is 9.59 Å². The Bertz CT molecular complexity index is 1980. The number of thiazole rings is 1. The van der Waals surface area contributed by atoms with Crippen LogP contribution in [0.2, 0.25) is 5.02 Å². The van der Waals surface area contributed by atoms with Crippen LogP contribution in [0, 0.1) is 5.41 Å². The van der Waals surface area contributed by atoms with E-state index in [0.29, 0.717) is 23.6 Å². The molecule has 2 N–H and O–H groups in total. The number of ether oxygens (including phenoxy) is 3. The number of aliphatic carboxylic acids is 1. The van der Waals surface area contributed by atoms with Crippen molar-refractivity contribution in [3.05, 3.63) is 105 Å². The van der Waals surface area contributed by atoms with E-state index in [2.05, 4.69) is 31.1 Å². The number of nitrogens with zero attached hydrogens (tertiary/aromatic N) is 1. The molecule has 0 spiro atoms. The van der Waals surface area contributed by atoms with Crippen molar-refractivity contribution < 1.29 is 42.1 Å². The maximum atomic E-state index is 13.6. The molecule has 0 aliphatic carbocycles. The first-order valence-corrected chi connectivity index (χ1v) is 19.4. The van der Waals surface area contributed by atoms with Gasteiger partial charge in [0.25, 0.3) is 5.91 Å². The number of rotatable bonds is 15. The quantitative estimate of drug-likeness (QED) is 0.0931. The van der Waals surface area contributed by atoms with Crippen molar-refractivity contribution in [2.24, 2.45) is 5.41 Å². The number of esters is 1.